The zero-order chi connectivity index (χ0) is 16.7. The number of nitrogens with zero attached hydrogens (tertiary/aromatic N) is 1. The van der Waals surface area contributed by atoms with Gasteiger partial charge in [-0.05, 0) is 31.2 Å². The first-order valence-electron chi connectivity index (χ1n) is 7.04. The van der Waals surface area contributed by atoms with E-state index in [4.69, 9.17) is 10.5 Å². The van der Waals surface area contributed by atoms with Crippen molar-refractivity contribution in [2.45, 2.75) is 19.6 Å². The summed E-state index contributed by atoms with van der Waals surface area (Å²) in [5, 5.41) is 4.99. The number of ether oxygens (including phenoxy) is 1. The van der Waals surface area contributed by atoms with Gasteiger partial charge in [-0.15, -0.1) is 0 Å². The average molecular weight is 314 g/mol. The van der Waals surface area contributed by atoms with E-state index in [1.807, 2.05) is 29.6 Å². The van der Waals surface area contributed by atoms with Crippen LogP contribution in [-0.2, 0) is 11.4 Å². The normalized spacial score (nSPS) is 11.3. The lowest BCUT2D eigenvalue weighted by atomic mass is 10.2. The Morgan fingerprint density at radius 2 is 2.09 bits per heavy atom. The molecule has 1 aromatic heterocycles. The van der Waals surface area contributed by atoms with Gasteiger partial charge in [0.05, 0.1) is 5.69 Å². The number of nitrogens with one attached hydrogen (secondary N) is 2. The summed E-state index contributed by atoms with van der Waals surface area (Å²) >= 11 is 0. The summed E-state index contributed by atoms with van der Waals surface area (Å²) in [4.78, 5) is 26.5. The molecular formula is C16H18N4O3. The van der Waals surface area contributed by atoms with Crippen molar-refractivity contribution in [2.24, 2.45) is 5.73 Å². The van der Waals surface area contributed by atoms with Gasteiger partial charge in [0, 0.05) is 18.0 Å². The topological polar surface area (TPSA) is 106 Å². The van der Waals surface area contributed by atoms with Crippen LogP contribution in [0.1, 0.15) is 12.6 Å². The molecule has 0 aliphatic carbocycles. The summed E-state index contributed by atoms with van der Waals surface area (Å²) in [5.74, 6) is 0.139. The minimum Gasteiger partial charge on any atom is -0.487 e. The molecule has 1 heterocycles. The Bertz CT molecular complexity index is 676. The lowest BCUT2D eigenvalue weighted by molar-refractivity contribution is -0.120. The van der Waals surface area contributed by atoms with Crippen LogP contribution in [0.15, 0.2) is 48.7 Å². The van der Waals surface area contributed by atoms with Crippen LogP contribution < -0.4 is 21.1 Å². The van der Waals surface area contributed by atoms with Crippen molar-refractivity contribution in [1.82, 2.24) is 10.3 Å². The molecule has 0 aliphatic rings. The molecule has 0 aliphatic heterocycles. The summed E-state index contributed by atoms with van der Waals surface area (Å²) in [6.07, 6.45) is 1.70. The van der Waals surface area contributed by atoms with Gasteiger partial charge in [0.25, 0.3) is 0 Å². The number of primary amides is 1. The maximum Gasteiger partial charge on any atom is 0.318 e. The number of urea groups is 1. The van der Waals surface area contributed by atoms with Crippen LogP contribution in [0.2, 0.25) is 0 Å². The predicted molar refractivity (Wildman–Crippen MR) is 85.8 cm³/mol. The molecule has 0 fully saturated rings. The number of anilines is 1. The molecule has 0 unspecified atom stereocenters. The first-order chi connectivity index (χ1) is 11.0. The first kappa shape index (κ1) is 16.3. The van der Waals surface area contributed by atoms with E-state index in [0.29, 0.717) is 18.0 Å². The third-order valence-electron chi connectivity index (χ3n) is 2.97. The minimum absolute atomic E-state index is 0.349. The van der Waals surface area contributed by atoms with E-state index < -0.39 is 18.0 Å². The van der Waals surface area contributed by atoms with Crippen LogP contribution in [0, 0.1) is 0 Å². The Kier molecular flexibility index (Phi) is 5.51. The summed E-state index contributed by atoms with van der Waals surface area (Å²) in [7, 11) is 0. The molecule has 0 bridgehead atoms. The van der Waals surface area contributed by atoms with Gasteiger partial charge >= 0.3 is 6.03 Å². The van der Waals surface area contributed by atoms with Gasteiger partial charge in [-0.3, -0.25) is 15.1 Å². The summed E-state index contributed by atoms with van der Waals surface area (Å²) in [6.45, 7) is 1.97. The monoisotopic (exact) mass is 314 g/mol. The zero-order valence-corrected chi connectivity index (χ0v) is 12.7. The fourth-order valence-corrected chi connectivity index (χ4v) is 1.86. The van der Waals surface area contributed by atoms with Gasteiger partial charge in [-0.1, -0.05) is 12.1 Å². The number of carbonyl (C=O) groups is 2. The van der Waals surface area contributed by atoms with Gasteiger partial charge in [-0.25, -0.2) is 4.79 Å². The van der Waals surface area contributed by atoms with Gasteiger partial charge < -0.3 is 15.8 Å². The molecule has 2 aromatic rings. The molecule has 0 radical (unpaired) electrons. The molecular weight excluding hydrogens is 296 g/mol. The van der Waals surface area contributed by atoms with E-state index in [2.05, 4.69) is 10.3 Å². The Hall–Kier alpha value is -3.09. The van der Waals surface area contributed by atoms with Crippen LogP contribution >= 0.6 is 0 Å². The second-order valence-corrected chi connectivity index (χ2v) is 4.86. The van der Waals surface area contributed by atoms with E-state index in [9.17, 15) is 9.59 Å². The van der Waals surface area contributed by atoms with E-state index in [1.54, 1.807) is 31.3 Å². The third kappa shape index (κ3) is 5.31. The molecule has 120 valence electrons. The lowest BCUT2D eigenvalue weighted by Crippen LogP contribution is -2.43. The summed E-state index contributed by atoms with van der Waals surface area (Å²) in [6, 6.07) is 11.3. The van der Waals surface area contributed by atoms with Crippen LogP contribution in [0.4, 0.5) is 10.5 Å². The van der Waals surface area contributed by atoms with Crippen molar-refractivity contribution < 1.29 is 14.3 Å². The second-order valence-electron chi connectivity index (χ2n) is 4.86. The largest absolute Gasteiger partial charge is 0.487 e. The highest BCUT2D eigenvalue weighted by atomic mass is 16.5. The molecule has 0 saturated heterocycles. The number of amides is 3. The fraction of sp³-hybridized carbons (Fsp3) is 0.188. The highest BCUT2D eigenvalue weighted by molar-refractivity contribution is 5.97. The predicted octanol–water partition coefficient (Wildman–Crippen LogP) is 1.66. The Morgan fingerprint density at radius 1 is 1.26 bits per heavy atom. The molecule has 23 heavy (non-hydrogen) atoms. The quantitative estimate of drug-likeness (QED) is 0.751. The summed E-state index contributed by atoms with van der Waals surface area (Å²) in [5.41, 5.74) is 6.43. The van der Waals surface area contributed by atoms with Gasteiger partial charge in [0.15, 0.2) is 0 Å². The molecule has 4 N–H and O–H groups in total. The lowest BCUT2D eigenvalue weighted by Gasteiger charge is -2.15. The zero-order valence-electron chi connectivity index (χ0n) is 12.7. The summed E-state index contributed by atoms with van der Waals surface area (Å²) < 4.78 is 5.66. The van der Waals surface area contributed by atoms with Gasteiger partial charge in [-0.2, -0.15) is 0 Å². The number of pyridine rings is 1. The van der Waals surface area contributed by atoms with Crippen LogP contribution in [0.5, 0.6) is 5.75 Å². The van der Waals surface area contributed by atoms with Gasteiger partial charge in [0.2, 0.25) is 5.91 Å². The number of nitrogens with two attached hydrogens (primary N) is 1. The second kappa shape index (κ2) is 7.79. The molecule has 1 atom stereocenters. The number of rotatable bonds is 6. The third-order valence-corrected chi connectivity index (χ3v) is 2.97. The number of imide groups is 1. The molecule has 3 amide bonds. The van der Waals surface area contributed by atoms with Crippen LogP contribution in [-0.4, -0.2) is 23.0 Å². The average Bonchev–Trinajstić information content (AvgIpc) is 2.53. The Balaban J connectivity index is 1.94. The maximum atomic E-state index is 11.6. The van der Waals surface area contributed by atoms with E-state index in [0.717, 1.165) is 5.69 Å². The number of hydrogen-bond acceptors (Lipinski definition) is 5. The number of benzene rings is 1. The highest BCUT2D eigenvalue weighted by Gasteiger charge is 2.14. The van der Waals surface area contributed by atoms with Crippen molar-refractivity contribution in [1.29, 1.82) is 0 Å². The van der Waals surface area contributed by atoms with Crippen molar-refractivity contribution in [3.8, 4) is 5.75 Å². The van der Waals surface area contributed by atoms with E-state index >= 15 is 0 Å². The number of aromatic nitrogens is 1. The molecule has 1 aromatic carbocycles. The molecule has 7 nitrogen and oxygen atoms in total. The Morgan fingerprint density at radius 3 is 2.78 bits per heavy atom. The van der Waals surface area contributed by atoms with Crippen molar-refractivity contribution in [2.75, 3.05) is 5.32 Å². The van der Waals surface area contributed by atoms with E-state index in [1.165, 1.54) is 0 Å². The number of carbonyl (C=O) groups excluding carboxylic acids is 2. The Labute approximate surface area is 133 Å². The first-order valence-corrected chi connectivity index (χ1v) is 7.04. The molecule has 0 spiro atoms. The molecule has 0 saturated carbocycles. The standard InChI is InChI=1S/C16H18N4O3/c1-11(15(21)20-16(17)22)19-12-6-4-7-14(9-12)23-10-13-5-2-3-8-18-13/h2-9,11,19H,10H2,1H3,(H3,17,20,21,22)/t11-/m0/s1. The maximum absolute atomic E-state index is 11.6. The van der Waals surface area contributed by atoms with Crippen molar-refractivity contribution >= 4 is 17.6 Å². The van der Waals surface area contributed by atoms with Crippen molar-refractivity contribution in [3.05, 3.63) is 54.4 Å². The van der Waals surface area contributed by atoms with Crippen LogP contribution in [0.3, 0.4) is 0 Å². The smallest absolute Gasteiger partial charge is 0.318 e. The van der Waals surface area contributed by atoms with Crippen molar-refractivity contribution in [3.63, 3.8) is 0 Å². The SMILES string of the molecule is C[C@H](Nc1cccc(OCc2ccccn2)c1)C(=O)NC(N)=O. The molecule has 2 rings (SSSR count). The van der Waals surface area contributed by atoms with E-state index in [-0.39, 0.29) is 0 Å². The fourth-order valence-electron chi connectivity index (χ4n) is 1.86. The molecule has 7 heteroatoms. The minimum atomic E-state index is -0.879. The number of hydrogen-bond donors (Lipinski definition) is 3. The highest BCUT2D eigenvalue weighted by Crippen LogP contribution is 2.19. The van der Waals surface area contributed by atoms with Gasteiger partial charge in [0.1, 0.15) is 18.4 Å². The van der Waals surface area contributed by atoms with Crippen LogP contribution in [0.25, 0.3) is 0 Å².